The standard InChI is InChI=1S/C11H11N3S3/c1-15-11(16-2)12-10-14-13-9(17-10)8-6-4-3-5-7-8/h3-7H,1-2H3. The Morgan fingerprint density at radius 2 is 1.82 bits per heavy atom. The van der Waals surface area contributed by atoms with E-state index >= 15 is 0 Å². The third-order valence-electron chi connectivity index (χ3n) is 1.97. The van der Waals surface area contributed by atoms with Gasteiger partial charge in [-0.25, -0.2) is 4.99 Å². The third-order valence-corrected chi connectivity index (χ3v) is 4.72. The minimum Gasteiger partial charge on any atom is -0.204 e. The molecule has 0 atom stereocenters. The van der Waals surface area contributed by atoms with Gasteiger partial charge in [-0.15, -0.1) is 33.7 Å². The number of aromatic nitrogens is 2. The van der Waals surface area contributed by atoms with Gasteiger partial charge >= 0.3 is 0 Å². The molecular weight excluding hydrogens is 270 g/mol. The van der Waals surface area contributed by atoms with Gasteiger partial charge < -0.3 is 0 Å². The molecule has 0 N–H and O–H groups in total. The van der Waals surface area contributed by atoms with Gasteiger partial charge in [-0.1, -0.05) is 41.7 Å². The van der Waals surface area contributed by atoms with Crippen LogP contribution < -0.4 is 0 Å². The molecule has 1 aromatic carbocycles. The molecule has 0 radical (unpaired) electrons. The number of benzene rings is 1. The van der Waals surface area contributed by atoms with Crippen LogP contribution in [0.2, 0.25) is 0 Å². The maximum atomic E-state index is 4.43. The van der Waals surface area contributed by atoms with Gasteiger partial charge in [0, 0.05) is 5.56 Å². The first-order chi connectivity index (χ1) is 8.33. The van der Waals surface area contributed by atoms with Gasteiger partial charge in [0.15, 0.2) is 0 Å². The van der Waals surface area contributed by atoms with E-state index in [0.717, 1.165) is 14.9 Å². The Morgan fingerprint density at radius 1 is 1.12 bits per heavy atom. The monoisotopic (exact) mass is 281 g/mol. The van der Waals surface area contributed by atoms with Crippen molar-refractivity contribution < 1.29 is 0 Å². The molecule has 0 amide bonds. The first-order valence-corrected chi connectivity index (χ1v) is 8.15. The zero-order chi connectivity index (χ0) is 12.1. The summed E-state index contributed by atoms with van der Waals surface area (Å²) in [6.07, 6.45) is 4.02. The lowest BCUT2D eigenvalue weighted by atomic mass is 10.2. The second kappa shape index (κ2) is 6.18. The number of nitrogens with zero attached hydrogens (tertiary/aromatic N) is 3. The summed E-state index contributed by atoms with van der Waals surface area (Å²) in [5, 5.41) is 9.85. The topological polar surface area (TPSA) is 38.1 Å². The van der Waals surface area contributed by atoms with Crippen LogP contribution in [-0.2, 0) is 0 Å². The summed E-state index contributed by atoms with van der Waals surface area (Å²) in [6, 6.07) is 10.0. The van der Waals surface area contributed by atoms with Crippen molar-refractivity contribution in [3.8, 4) is 10.6 Å². The van der Waals surface area contributed by atoms with Gasteiger partial charge in [-0.3, -0.25) is 0 Å². The van der Waals surface area contributed by atoms with Gasteiger partial charge in [-0.2, -0.15) is 0 Å². The van der Waals surface area contributed by atoms with E-state index < -0.39 is 0 Å². The second-order valence-electron chi connectivity index (χ2n) is 3.04. The van der Waals surface area contributed by atoms with Crippen LogP contribution >= 0.6 is 34.9 Å². The lowest BCUT2D eigenvalue weighted by Gasteiger charge is -1.93. The van der Waals surface area contributed by atoms with E-state index in [1.807, 2.05) is 42.8 Å². The van der Waals surface area contributed by atoms with E-state index in [-0.39, 0.29) is 0 Å². The molecule has 0 spiro atoms. The van der Waals surface area contributed by atoms with Gasteiger partial charge in [0.25, 0.3) is 0 Å². The summed E-state index contributed by atoms with van der Waals surface area (Å²) in [6.45, 7) is 0. The molecule has 1 aromatic heterocycles. The molecule has 2 rings (SSSR count). The van der Waals surface area contributed by atoms with E-state index in [1.165, 1.54) is 11.3 Å². The Kier molecular flexibility index (Phi) is 4.58. The minimum atomic E-state index is 0.711. The molecule has 88 valence electrons. The maximum Gasteiger partial charge on any atom is 0.233 e. The van der Waals surface area contributed by atoms with Crippen molar-refractivity contribution in [3.63, 3.8) is 0 Å². The van der Waals surface area contributed by atoms with Crippen LogP contribution in [0.25, 0.3) is 10.6 Å². The summed E-state index contributed by atoms with van der Waals surface area (Å²) in [4.78, 5) is 4.43. The maximum absolute atomic E-state index is 4.43. The fraction of sp³-hybridized carbons (Fsp3) is 0.182. The van der Waals surface area contributed by atoms with Crippen LogP contribution in [0.4, 0.5) is 5.13 Å². The van der Waals surface area contributed by atoms with E-state index in [2.05, 4.69) is 15.2 Å². The van der Waals surface area contributed by atoms with Crippen LogP contribution in [0.5, 0.6) is 0 Å². The molecule has 0 aliphatic heterocycles. The second-order valence-corrected chi connectivity index (χ2v) is 5.85. The zero-order valence-electron chi connectivity index (χ0n) is 9.45. The van der Waals surface area contributed by atoms with Gasteiger partial charge in [0.2, 0.25) is 5.13 Å². The third kappa shape index (κ3) is 3.31. The molecule has 0 saturated carbocycles. The highest BCUT2D eigenvalue weighted by molar-refractivity contribution is 8.38. The summed E-state index contributed by atoms with van der Waals surface area (Å²) >= 11 is 4.75. The predicted octanol–water partition coefficient (Wildman–Crippen LogP) is 3.92. The van der Waals surface area contributed by atoms with Crippen LogP contribution in [0.15, 0.2) is 35.3 Å². The Hall–Kier alpha value is -0.850. The molecule has 17 heavy (non-hydrogen) atoms. The fourth-order valence-corrected chi connectivity index (χ4v) is 3.08. The van der Waals surface area contributed by atoms with E-state index in [1.54, 1.807) is 23.5 Å². The van der Waals surface area contributed by atoms with E-state index in [0.29, 0.717) is 5.13 Å². The zero-order valence-corrected chi connectivity index (χ0v) is 11.9. The van der Waals surface area contributed by atoms with E-state index in [4.69, 9.17) is 0 Å². The molecule has 3 nitrogen and oxygen atoms in total. The van der Waals surface area contributed by atoms with Crippen LogP contribution in [0.3, 0.4) is 0 Å². The number of rotatable bonds is 2. The SMILES string of the molecule is CSC(=Nc1nnc(-c2ccccc2)s1)SC. The number of thioether (sulfide) groups is 2. The molecule has 2 aromatic rings. The molecule has 0 unspecified atom stereocenters. The van der Waals surface area contributed by atoms with Crippen LogP contribution in [0, 0.1) is 0 Å². The Labute approximate surface area is 113 Å². The Bertz CT molecular complexity index is 502. The smallest absolute Gasteiger partial charge is 0.204 e. The number of aliphatic imine (C=N–C) groups is 1. The average Bonchev–Trinajstić information content (AvgIpc) is 2.85. The molecule has 1 heterocycles. The molecule has 0 fully saturated rings. The Morgan fingerprint density at radius 3 is 2.47 bits per heavy atom. The van der Waals surface area contributed by atoms with Gasteiger partial charge in [0.05, 0.1) is 0 Å². The summed E-state index contributed by atoms with van der Waals surface area (Å²) in [5.41, 5.74) is 1.08. The minimum absolute atomic E-state index is 0.711. The summed E-state index contributed by atoms with van der Waals surface area (Å²) in [5.74, 6) is 0. The quantitative estimate of drug-likeness (QED) is 0.618. The van der Waals surface area contributed by atoms with Gasteiger partial charge in [0.1, 0.15) is 9.38 Å². The first-order valence-electron chi connectivity index (χ1n) is 4.89. The van der Waals surface area contributed by atoms with Crippen molar-refractivity contribution in [2.24, 2.45) is 4.99 Å². The van der Waals surface area contributed by atoms with Crippen molar-refractivity contribution in [1.82, 2.24) is 10.2 Å². The van der Waals surface area contributed by atoms with Crippen LogP contribution in [0.1, 0.15) is 0 Å². The van der Waals surface area contributed by atoms with Gasteiger partial charge in [-0.05, 0) is 12.5 Å². The molecule has 0 aliphatic rings. The molecule has 0 saturated heterocycles. The number of hydrogen-bond acceptors (Lipinski definition) is 6. The van der Waals surface area contributed by atoms with Crippen LogP contribution in [-0.4, -0.2) is 27.1 Å². The number of hydrogen-bond donors (Lipinski definition) is 0. The summed E-state index contributed by atoms with van der Waals surface area (Å²) in [7, 11) is 0. The van der Waals surface area contributed by atoms with Crippen molar-refractivity contribution in [3.05, 3.63) is 30.3 Å². The summed E-state index contributed by atoms with van der Waals surface area (Å²) < 4.78 is 1.00. The predicted molar refractivity (Wildman–Crippen MR) is 79.5 cm³/mol. The largest absolute Gasteiger partial charge is 0.233 e. The molecule has 6 heteroatoms. The van der Waals surface area contributed by atoms with Crippen molar-refractivity contribution in [2.45, 2.75) is 0 Å². The highest BCUT2D eigenvalue weighted by atomic mass is 32.2. The van der Waals surface area contributed by atoms with Crippen molar-refractivity contribution >= 4 is 44.4 Å². The van der Waals surface area contributed by atoms with Crippen molar-refractivity contribution in [1.29, 1.82) is 0 Å². The molecule has 0 bridgehead atoms. The highest BCUT2D eigenvalue weighted by Gasteiger charge is 2.06. The highest BCUT2D eigenvalue weighted by Crippen LogP contribution is 2.29. The first kappa shape index (κ1) is 12.6. The van der Waals surface area contributed by atoms with Crippen molar-refractivity contribution in [2.75, 3.05) is 12.5 Å². The van der Waals surface area contributed by atoms with E-state index in [9.17, 15) is 0 Å². The Balaban J connectivity index is 2.25. The fourth-order valence-electron chi connectivity index (χ4n) is 1.21. The lowest BCUT2D eigenvalue weighted by Crippen LogP contribution is -1.79. The lowest BCUT2D eigenvalue weighted by molar-refractivity contribution is 1.09. The average molecular weight is 281 g/mol. The normalized spacial score (nSPS) is 10.2. The molecular formula is C11H11N3S3. The molecule has 0 aliphatic carbocycles.